The zero-order chi connectivity index (χ0) is 16.9. The molecule has 126 valence electrons. The lowest BCUT2D eigenvalue weighted by atomic mass is 10.0. The number of hydrogen-bond donors (Lipinski definition) is 1. The van der Waals surface area contributed by atoms with E-state index < -0.39 is 0 Å². The summed E-state index contributed by atoms with van der Waals surface area (Å²) in [6.45, 7) is 2.82. The Kier molecular flexibility index (Phi) is 5.41. The van der Waals surface area contributed by atoms with Gasteiger partial charge >= 0.3 is 6.03 Å². The van der Waals surface area contributed by atoms with Gasteiger partial charge in [-0.25, -0.2) is 4.79 Å². The Balaban J connectivity index is 1.79. The zero-order valence-corrected chi connectivity index (χ0v) is 14.7. The van der Waals surface area contributed by atoms with Crippen LogP contribution in [0.25, 0.3) is 0 Å². The standard InChI is InChI=1S/C20H23ClN2O/c1-15-6-12-18(13-7-15)22-20(24)23-14-4-2-3-5-19(23)16-8-10-17(21)11-9-16/h6-13,19H,2-5,14H2,1H3,(H,22,24). The van der Waals surface area contributed by atoms with E-state index in [2.05, 4.69) is 5.32 Å². The van der Waals surface area contributed by atoms with Crippen LogP contribution >= 0.6 is 11.6 Å². The molecule has 0 aromatic heterocycles. The van der Waals surface area contributed by atoms with E-state index in [1.165, 1.54) is 12.0 Å². The summed E-state index contributed by atoms with van der Waals surface area (Å²) in [7, 11) is 0. The third-order valence-electron chi connectivity index (χ3n) is 4.57. The van der Waals surface area contributed by atoms with Crippen LogP contribution in [0.3, 0.4) is 0 Å². The van der Waals surface area contributed by atoms with Crippen LogP contribution in [0.4, 0.5) is 10.5 Å². The second-order valence-electron chi connectivity index (χ2n) is 6.41. The van der Waals surface area contributed by atoms with Crippen LogP contribution in [0.5, 0.6) is 0 Å². The molecule has 3 nitrogen and oxygen atoms in total. The maximum Gasteiger partial charge on any atom is 0.322 e. The average molecular weight is 343 g/mol. The molecule has 3 rings (SSSR count). The number of likely N-dealkylation sites (tertiary alicyclic amines) is 1. The molecular weight excluding hydrogens is 320 g/mol. The van der Waals surface area contributed by atoms with E-state index in [0.29, 0.717) is 0 Å². The topological polar surface area (TPSA) is 32.3 Å². The van der Waals surface area contributed by atoms with Crippen molar-refractivity contribution in [3.63, 3.8) is 0 Å². The first kappa shape index (κ1) is 16.8. The SMILES string of the molecule is Cc1ccc(NC(=O)N2CCCCCC2c2ccc(Cl)cc2)cc1. The lowest BCUT2D eigenvalue weighted by Gasteiger charge is -2.30. The van der Waals surface area contributed by atoms with Crippen molar-refractivity contribution in [2.75, 3.05) is 11.9 Å². The van der Waals surface area contributed by atoms with Gasteiger partial charge < -0.3 is 10.2 Å². The number of hydrogen-bond acceptors (Lipinski definition) is 1. The summed E-state index contributed by atoms with van der Waals surface area (Å²) in [5.74, 6) is 0. The van der Waals surface area contributed by atoms with Gasteiger partial charge in [0.1, 0.15) is 0 Å². The number of urea groups is 1. The summed E-state index contributed by atoms with van der Waals surface area (Å²) >= 11 is 6.01. The number of benzene rings is 2. The highest BCUT2D eigenvalue weighted by molar-refractivity contribution is 6.30. The van der Waals surface area contributed by atoms with Crippen molar-refractivity contribution in [1.29, 1.82) is 0 Å². The first-order valence-electron chi connectivity index (χ1n) is 8.53. The number of halogens is 1. The number of rotatable bonds is 2. The van der Waals surface area contributed by atoms with Crippen molar-refractivity contribution in [2.24, 2.45) is 0 Å². The van der Waals surface area contributed by atoms with Crippen LogP contribution in [-0.4, -0.2) is 17.5 Å². The molecule has 24 heavy (non-hydrogen) atoms. The molecule has 0 saturated carbocycles. The minimum absolute atomic E-state index is 0.0271. The number of aryl methyl sites for hydroxylation is 1. The molecule has 2 aromatic rings. The Labute approximate surface area is 148 Å². The van der Waals surface area contributed by atoms with Gasteiger partial charge in [0.15, 0.2) is 0 Å². The summed E-state index contributed by atoms with van der Waals surface area (Å²) < 4.78 is 0. The molecule has 1 N–H and O–H groups in total. The number of carbonyl (C=O) groups is 1. The fraction of sp³-hybridized carbons (Fsp3) is 0.350. The van der Waals surface area contributed by atoms with Gasteiger partial charge in [0.25, 0.3) is 0 Å². The first-order chi connectivity index (χ1) is 11.6. The maximum atomic E-state index is 12.8. The maximum absolute atomic E-state index is 12.8. The van der Waals surface area contributed by atoms with E-state index in [1.807, 2.05) is 60.4 Å². The van der Waals surface area contributed by atoms with Gasteiger partial charge in [0.05, 0.1) is 6.04 Å². The summed E-state index contributed by atoms with van der Waals surface area (Å²) in [6.07, 6.45) is 4.34. The Hall–Kier alpha value is -2.00. The van der Waals surface area contributed by atoms with Crippen LogP contribution in [0.15, 0.2) is 48.5 Å². The van der Waals surface area contributed by atoms with Gasteiger partial charge in [0.2, 0.25) is 0 Å². The normalized spacial score (nSPS) is 18.1. The average Bonchev–Trinajstić information content (AvgIpc) is 2.84. The zero-order valence-electron chi connectivity index (χ0n) is 14.0. The highest BCUT2D eigenvalue weighted by Crippen LogP contribution is 2.31. The number of nitrogens with zero attached hydrogens (tertiary/aromatic N) is 1. The number of carbonyl (C=O) groups excluding carboxylic acids is 1. The van der Waals surface area contributed by atoms with E-state index >= 15 is 0 Å². The Bertz CT molecular complexity index is 682. The predicted molar refractivity (Wildman–Crippen MR) is 99.6 cm³/mol. The molecule has 0 bridgehead atoms. The van der Waals surface area contributed by atoms with Gasteiger partial charge in [-0.1, -0.05) is 54.3 Å². The summed E-state index contributed by atoms with van der Waals surface area (Å²) in [5.41, 5.74) is 3.17. The van der Waals surface area contributed by atoms with Crippen molar-refractivity contribution < 1.29 is 4.79 Å². The summed E-state index contributed by atoms with van der Waals surface area (Å²) in [4.78, 5) is 14.8. The highest BCUT2D eigenvalue weighted by Gasteiger charge is 2.26. The van der Waals surface area contributed by atoms with Crippen molar-refractivity contribution in [3.05, 3.63) is 64.7 Å². The van der Waals surface area contributed by atoms with Crippen molar-refractivity contribution >= 4 is 23.3 Å². The monoisotopic (exact) mass is 342 g/mol. The summed E-state index contributed by atoms with van der Waals surface area (Å²) in [6, 6.07) is 15.9. The molecule has 1 atom stereocenters. The van der Waals surface area contributed by atoms with E-state index in [9.17, 15) is 4.79 Å². The molecule has 1 saturated heterocycles. The van der Waals surface area contributed by atoms with Crippen molar-refractivity contribution in [3.8, 4) is 0 Å². The molecule has 1 fully saturated rings. The molecular formula is C20H23ClN2O. The molecule has 1 heterocycles. The van der Waals surface area contributed by atoms with E-state index in [1.54, 1.807) is 0 Å². The fourth-order valence-corrected chi connectivity index (χ4v) is 3.34. The quantitative estimate of drug-likeness (QED) is 0.735. The highest BCUT2D eigenvalue weighted by atomic mass is 35.5. The third-order valence-corrected chi connectivity index (χ3v) is 4.82. The van der Waals surface area contributed by atoms with Gasteiger partial charge in [-0.05, 0) is 49.6 Å². The van der Waals surface area contributed by atoms with E-state index in [-0.39, 0.29) is 12.1 Å². The molecule has 2 amide bonds. The number of anilines is 1. The number of amides is 2. The Morgan fingerprint density at radius 3 is 2.46 bits per heavy atom. The molecule has 1 unspecified atom stereocenters. The largest absolute Gasteiger partial charge is 0.322 e. The second kappa shape index (κ2) is 7.71. The molecule has 0 spiro atoms. The van der Waals surface area contributed by atoms with Crippen molar-refractivity contribution in [2.45, 2.75) is 38.6 Å². The van der Waals surface area contributed by atoms with Crippen LogP contribution in [0.2, 0.25) is 5.02 Å². The Morgan fingerprint density at radius 1 is 1.04 bits per heavy atom. The lowest BCUT2D eigenvalue weighted by Crippen LogP contribution is -2.38. The smallest absolute Gasteiger partial charge is 0.317 e. The summed E-state index contributed by atoms with van der Waals surface area (Å²) in [5, 5.41) is 3.76. The van der Waals surface area contributed by atoms with Crippen LogP contribution < -0.4 is 5.32 Å². The molecule has 4 heteroatoms. The third kappa shape index (κ3) is 4.09. The minimum atomic E-state index is -0.0271. The predicted octanol–water partition coefficient (Wildman–Crippen LogP) is 5.80. The first-order valence-corrected chi connectivity index (χ1v) is 8.91. The molecule has 0 aliphatic carbocycles. The fourth-order valence-electron chi connectivity index (χ4n) is 3.22. The number of nitrogens with one attached hydrogen (secondary N) is 1. The van der Waals surface area contributed by atoms with Crippen molar-refractivity contribution in [1.82, 2.24) is 4.90 Å². The lowest BCUT2D eigenvalue weighted by molar-refractivity contribution is 0.189. The van der Waals surface area contributed by atoms with Gasteiger partial charge in [0, 0.05) is 17.3 Å². The van der Waals surface area contributed by atoms with Gasteiger partial charge in [-0.15, -0.1) is 0 Å². The molecule has 2 aromatic carbocycles. The molecule has 1 aliphatic heterocycles. The van der Waals surface area contributed by atoms with Crippen LogP contribution in [0, 0.1) is 6.92 Å². The van der Waals surface area contributed by atoms with Crippen LogP contribution in [0.1, 0.15) is 42.9 Å². The molecule has 0 radical (unpaired) electrons. The van der Waals surface area contributed by atoms with Gasteiger partial charge in [-0.3, -0.25) is 0 Å². The minimum Gasteiger partial charge on any atom is -0.317 e. The van der Waals surface area contributed by atoms with Gasteiger partial charge in [-0.2, -0.15) is 0 Å². The van der Waals surface area contributed by atoms with E-state index in [4.69, 9.17) is 11.6 Å². The van der Waals surface area contributed by atoms with E-state index in [0.717, 1.165) is 42.1 Å². The molecule has 1 aliphatic rings. The van der Waals surface area contributed by atoms with Crippen LogP contribution in [-0.2, 0) is 0 Å². The second-order valence-corrected chi connectivity index (χ2v) is 6.84. The Morgan fingerprint density at radius 2 is 1.75 bits per heavy atom.